The minimum atomic E-state index is 0.716. The molecule has 2 saturated heterocycles. The van der Waals surface area contributed by atoms with Gasteiger partial charge < -0.3 is 0 Å². The monoisotopic (exact) mass is 250 g/mol. The Hall–Kier alpha value is -0.0800. The van der Waals surface area contributed by atoms with Crippen molar-refractivity contribution in [1.29, 1.82) is 0 Å². The second-order valence-corrected chi connectivity index (χ2v) is 7.39. The molecule has 0 aromatic heterocycles. The van der Waals surface area contributed by atoms with Gasteiger partial charge in [-0.05, 0) is 50.0 Å². The smallest absolute Gasteiger partial charge is 0.0247 e. The molecule has 1 saturated carbocycles. The van der Waals surface area contributed by atoms with Crippen LogP contribution in [0.15, 0.2) is 0 Å². The predicted molar refractivity (Wildman–Crippen MR) is 76.8 cm³/mol. The highest BCUT2D eigenvalue weighted by atomic mass is 15.3. The molecule has 0 spiro atoms. The maximum atomic E-state index is 2.87. The van der Waals surface area contributed by atoms with Crippen LogP contribution in [-0.2, 0) is 0 Å². The Bertz CT molecular complexity index is 295. The number of nitrogens with zero attached hydrogens (tertiary/aromatic N) is 2. The van der Waals surface area contributed by atoms with E-state index in [2.05, 4.69) is 30.6 Å². The van der Waals surface area contributed by atoms with Crippen LogP contribution in [0.4, 0.5) is 0 Å². The summed E-state index contributed by atoms with van der Waals surface area (Å²) in [6, 6.07) is 1.69. The number of fused-ring (bicyclic) bond motifs is 1. The minimum Gasteiger partial charge on any atom is -0.298 e. The fourth-order valence-electron chi connectivity index (χ4n) is 4.15. The molecular weight excluding hydrogens is 220 g/mol. The lowest BCUT2D eigenvalue weighted by Crippen LogP contribution is -2.58. The second kappa shape index (κ2) is 4.79. The van der Waals surface area contributed by atoms with Crippen LogP contribution in [-0.4, -0.2) is 48.1 Å². The van der Waals surface area contributed by atoms with Crippen molar-refractivity contribution in [1.82, 2.24) is 9.80 Å². The van der Waals surface area contributed by atoms with Crippen molar-refractivity contribution in [2.75, 3.05) is 26.2 Å². The fourth-order valence-corrected chi connectivity index (χ4v) is 4.15. The van der Waals surface area contributed by atoms with Crippen molar-refractivity contribution in [3.05, 3.63) is 0 Å². The minimum absolute atomic E-state index is 0.716. The van der Waals surface area contributed by atoms with E-state index in [-0.39, 0.29) is 0 Å². The van der Waals surface area contributed by atoms with E-state index >= 15 is 0 Å². The molecule has 0 aromatic carbocycles. The van der Waals surface area contributed by atoms with Gasteiger partial charge in [0.05, 0.1) is 0 Å². The molecule has 0 bridgehead atoms. The molecule has 3 fully saturated rings. The van der Waals surface area contributed by atoms with Crippen molar-refractivity contribution in [3.63, 3.8) is 0 Å². The van der Waals surface area contributed by atoms with Crippen molar-refractivity contribution in [2.24, 2.45) is 11.3 Å². The lowest BCUT2D eigenvalue weighted by atomic mass is 9.94. The predicted octanol–water partition coefficient (Wildman–Crippen LogP) is 2.98. The van der Waals surface area contributed by atoms with Crippen LogP contribution in [0.5, 0.6) is 0 Å². The van der Waals surface area contributed by atoms with Gasteiger partial charge >= 0.3 is 0 Å². The van der Waals surface area contributed by atoms with Gasteiger partial charge in [0.2, 0.25) is 0 Å². The van der Waals surface area contributed by atoms with E-state index in [9.17, 15) is 0 Å². The average Bonchev–Trinajstić information content (AvgIpc) is 2.97. The summed E-state index contributed by atoms with van der Waals surface area (Å²) < 4.78 is 0. The lowest BCUT2D eigenvalue weighted by Gasteiger charge is -2.46. The Kier molecular flexibility index (Phi) is 3.44. The Morgan fingerprint density at radius 1 is 1.22 bits per heavy atom. The van der Waals surface area contributed by atoms with E-state index in [1.807, 2.05) is 0 Å². The fraction of sp³-hybridized carbons (Fsp3) is 1.00. The third-order valence-electron chi connectivity index (χ3n) is 5.85. The summed E-state index contributed by atoms with van der Waals surface area (Å²) in [4.78, 5) is 5.64. The molecule has 3 aliphatic rings. The molecule has 2 unspecified atom stereocenters. The summed E-state index contributed by atoms with van der Waals surface area (Å²) in [7, 11) is 0. The Morgan fingerprint density at radius 2 is 2.00 bits per heavy atom. The molecule has 104 valence electrons. The van der Waals surface area contributed by atoms with Gasteiger partial charge in [-0.2, -0.15) is 0 Å². The number of rotatable bonds is 4. The third kappa shape index (κ3) is 2.34. The van der Waals surface area contributed by atoms with Gasteiger partial charge in [0.15, 0.2) is 0 Å². The van der Waals surface area contributed by atoms with Crippen molar-refractivity contribution in [2.45, 2.75) is 65.0 Å². The molecule has 18 heavy (non-hydrogen) atoms. The third-order valence-corrected chi connectivity index (χ3v) is 5.85. The number of hydrogen-bond donors (Lipinski definition) is 0. The highest BCUT2D eigenvalue weighted by Crippen LogP contribution is 2.50. The van der Waals surface area contributed by atoms with E-state index in [4.69, 9.17) is 0 Å². The largest absolute Gasteiger partial charge is 0.298 e. The van der Waals surface area contributed by atoms with Crippen LogP contribution in [0.1, 0.15) is 52.9 Å². The highest BCUT2D eigenvalue weighted by molar-refractivity contribution is 5.00. The zero-order chi connectivity index (χ0) is 12.8. The average molecular weight is 250 g/mol. The first kappa shape index (κ1) is 12.9. The molecule has 0 N–H and O–H groups in total. The molecule has 2 aliphatic heterocycles. The molecule has 2 heteroatoms. The first-order valence-corrected chi connectivity index (χ1v) is 8.12. The second-order valence-electron chi connectivity index (χ2n) is 7.39. The van der Waals surface area contributed by atoms with Crippen molar-refractivity contribution in [3.8, 4) is 0 Å². The Balaban J connectivity index is 1.69. The molecule has 0 amide bonds. The molecule has 0 aromatic rings. The SMILES string of the molecule is CCC1(CN2CC3CCCN3CC2C(C)C)CC1. The van der Waals surface area contributed by atoms with Crippen LogP contribution >= 0.6 is 0 Å². The first-order chi connectivity index (χ1) is 8.63. The summed E-state index contributed by atoms with van der Waals surface area (Å²) in [6.07, 6.45) is 7.24. The van der Waals surface area contributed by atoms with Gasteiger partial charge in [-0.15, -0.1) is 0 Å². The summed E-state index contributed by atoms with van der Waals surface area (Å²) >= 11 is 0. The van der Waals surface area contributed by atoms with Gasteiger partial charge in [-0.25, -0.2) is 0 Å². The van der Waals surface area contributed by atoms with E-state index < -0.39 is 0 Å². The highest BCUT2D eigenvalue weighted by Gasteiger charge is 2.46. The van der Waals surface area contributed by atoms with Crippen LogP contribution < -0.4 is 0 Å². The summed E-state index contributed by atoms with van der Waals surface area (Å²) in [6.45, 7) is 12.7. The van der Waals surface area contributed by atoms with E-state index in [0.29, 0.717) is 5.41 Å². The zero-order valence-electron chi connectivity index (χ0n) is 12.5. The quantitative estimate of drug-likeness (QED) is 0.757. The van der Waals surface area contributed by atoms with Gasteiger partial charge in [0.1, 0.15) is 0 Å². The molecule has 0 radical (unpaired) electrons. The topological polar surface area (TPSA) is 6.48 Å². The summed E-state index contributed by atoms with van der Waals surface area (Å²) in [5.41, 5.74) is 0.716. The molecule has 2 heterocycles. The van der Waals surface area contributed by atoms with Crippen molar-refractivity contribution < 1.29 is 0 Å². The summed E-state index contributed by atoms with van der Waals surface area (Å²) in [5, 5.41) is 0. The maximum absolute atomic E-state index is 2.87. The van der Waals surface area contributed by atoms with Crippen LogP contribution in [0.2, 0.25) is 0 Å². The normalized spacial score (nSPS) is 36.0. The van der Waals surface area contributed by atoms with Gasteiger partial charge in [0.25, 0.3) is 0 Å². The lowest BCUT2D eigenvalue weighted by molar-refractivity contribution is 0.0157. The van der Waals surface area contributed by atoms with Crippen LogP contribution in [0, 0.1) is 11.3 Å². The first-order valence-electron chi connectivity index (χ1n) is 8.12. The maximum Gasteiger partial charge on any atom is 0.0247 e. The van der Waals surface area contributed by atoms with E-state index in [1.54, 1.807) is 0 Å². The van der Waals surface area contributed by atoms with E-state index in [0.717, 1.165) is 18.0 Å². The van der Waals surface area contributed by atoms with Crippen LogP contribution in [0.25, 0.3) is 0 Å². The standard InChI is InChI=1S/C16H30N2/c1-4-16(7-8-16)12-18-10-14-6-5-9-17(14)11-15(18)13(2)3/h13-15H,4-12H2,1-3H3. The van der Waals surface area contributed by atoms with Gasteiger partial charge in [0, 0.05) is 31.7 Å². The molecule has 2 nitrogen and oxygen atoms in total. The van der Waals surface area contributed by atoms with Gasteiger partial charge in [-0.1, -0.05) is 20.8 Å². The van der Waals surface area contributed by atoms with Gasteiger partial charge in [-0.3, -0.25) is 9.80 Å². The Labute approximate surface area is 113 Å². The van der Waals surface area contributed by atoms with E-state index in [1.165, 1.54) is 58.3 Å². The van der Waals surface area contributed by atoms with Crippen molar-refractivity contribution >= 4 is 0 Å². The Morgan fingerprint density at radius 3 is 2.61 bits per heavy atom. The summed E-state index contributed by atoms with van der Waals surface area (Å²) in [5.74, 6) is 0.805. The zero-order valence-corrected chi connectivity index (χ0v) is 12.5. The molecule has 1 aliphatic carbocycles. The van der Waals surface area contributed by atoms with Crippen LogP contribution in [0.3, 0.4) is 0 Å². The number of piperazine rings is 1. The number of hydrogen-bond acceptors (Lipinski definition) is 2. The molecule has 2 atom stereocenters. The molecular formula is C16H30N2. The molecule has 3 rings (SSSR count).